The number of carboxylic acid groups (broad SMARTS) is 2. The van der Waals surface area contributed by atoms with Gasteiger partial charge in [0.15, 0.2) is 0 Å². The molecule has 0 fully saturated rings. The zero-order valence-corrected chi connectivity index (χ0v) is 15.7. The molecule has 0 aliphatic rings. The Hall–Kier alpha value is -3.79. The normalized spacial score (nSPS) is 11.5. The van der Waals surface area contributed by atoms with Gasteiger partial charge in [0, 0.05) is 12.1 Å². The van der Waals surface area contributed by atoms with Crippen molar-refractivity contribution in [3.8, 4) is 0 Å². The molecular formula is C18H13ClN6O4-2. The number of aryl methyl sites for hydroxylation is 1. The second kappa shape index (κ2) is 8.48. The first-order chi connectivity index (χ1) is 13.9. The van der Waals surface area contributed by atoms with Gasteiger partial charge in [-0.2, -0.15) is 5.10 Å². The van der Waals surface area contributed by atoms with Crippen molar-refractivity contribution in [1.82, 2.24) is 29.8 Å². The van der Waals surface area contributed by atoms with E-state index in [1.807, 2.05) is 48.1 Å². The van der Waals surface area contributed by atoms with Gasteiger partial charge in [-0.3, -0.25) is 0 Å². The van der Waals surface area contributed by atoms with Crippen LogP contribution >= 0.6 is 11.6 Å². The van der Waals surface area contributed by atoms with E-state index in [9.17, 15) is 0 Å². The van der Waals surface area contributed by atoms with E-state index in [2.05, 4.69) is 26.5 Å². The van der Waals surface area contributed by atoms with Gasteiger partial charge in [0.05, 0.1) is 17.5 Å². The Morgan fingerprint density at radius 3 is 2.41 bits per heavy atom. The fraction of sp³-hybridized carbons (Fsp3) is 0.111. The van der Waals surface area contributed by atoms with Crippen LogP contribution in [0.1, 0.15) is 17.2 Å². The van der Waals surface area contributed by atoms with Gasteiger partial charge in [0.2, 0.25) is 0 Å². The third-order valence-electron chi connectivity index (χ3n) is 3.98. The van der Waals surface area contributed by atoms with Crippen LogP contribution in [0.5, 0.6) is 0 Å². The number of rotatable bonds is 3. The van der Waals surface area contributed by atoms with Crippen LogP contribution in [0, 0.1) is 0 Å². The number of aromatic nitrogens is 6. The minimum Gasteiger partial charge on any atom is -0.543 e. The number of carbonyl (C=O) groups is 2. The van der Waals surface area contributed by atoms with E-state index in [1.165, 1.54) is 6.33 Å². The van der Waals surface area contributed by atoms with Gasteiger partial charge < -0.3 is 19.8 Å². The minimum absolute atomic E-state index is 0.115. The number of aliphatic carboxylic acids is 2. The van der Waals surface area contributed by atoms with Crippen molar-refractivity contribution in [2.24, 2.45) is 7.05 Å². The topological polar surface area (TPSA) is 142 Å². The number of carboxylic acids is 2. The summed E-state index contributed by atoms with van der Waals surface area (Å²) in [5, 5.41) is 31.0. The first-order valence-corrected chi connectivity index (χ1v) is 8.56. The molecule has 0 spiro atoms. The summed E-state index contributed by atoms with van der Waals surface area (Å²) in [6, 6.07) is 13.7. The predicted molar refractivity (Wildman–Crippen MR) is 97.2 cm³/mol. The van der Waals surface area contributed by atoms with Crippen molar-refractivity contribution < 1.29 is 19.8 Å². The lowest BCUT2D eigenvalue weighted by Gasteiger charge is -2.18. The number of hydrogen-bond donors (Lipinski definition) is 0. The van der Waals surface area contributed by atoms with Gasteiger partial charge in [0.1, 0.15) is 24.2 Å². The van der Waals surface area contributed by atoms with Crippen molar-refractivity contribution >= 4 is 34.6 Å². The molecule has 1 unspecified atom stereocenters. The van der Waals surface area contributed by atoms with Crippen LogP contribution in [0.4, 0.5) is 0 Å². The fourth-order valence-electron chi connectivity index (χ4n) is 2.74. The number of hydrogen-bond acceptors (Lipinski definition) is 8. The van der Waals surface area contributed by atoms with E-state index in [4.69, 9.17) is 31.4 Å². The van der Waals surface area contributed by atoms with Gasteiger partial charge in [-0.25, -0.2) is 14.3 Å². The molecule has 0 radical (unpaired) electrons. The first kappa shape index (κ1) is 20.0. The van der Waals surface area contributed by atoms with Crippen LogP contribution in [0.2, 0.25) is 5.02 Å². The maximum Gasteiger partial charge on any atom is 0.137 e. The van der Waals surface area contributed by atoms with Crippen molar-refractivity contribution in [2.75, 3.05) is 0 Å². The van der Waals surface area contributed by atoms with Crippen molar-refractivity contribution in [1.29, 1.82) is 0 Å². The van der Waals surface area contributed by atoms with Gasteiger partial charge in [-0.15, -0.1) is 5.10 Å². The van der Waals surface area contributed by atoms with Gasteiger partial charge in [0.25, 0.3) is 0 Å². The summed E-state index contributed by atoms with van der Waals surface area (Å²) in [5.41, 5.74) is 3.93. The Bertz CT molecular complexity index is 1150. The molecule has 2 aromatic heterocycles. The molecule has 0 aliphatic carbocycles. The first-order valence-electron chi connectivity index (χ1n) is 8.18. The Labute approximate surface area is 169 Å². The summed E-state index contributed by atoms with van der Waals surface area (Å²) in [7, 11) is 1.88. The molecule has 148 valence electrons. The van der Waals surface area contributed by atoms with E-state index in [1.54, 1.807) is 11.0 Å². The SMILES string of the molecule is Cn1nnc2ccc(C(c3cccc(Cl)c3)n3cncn3)cc21.O=C([O-])C(=O)[O-]. The Morgan fingerprint density at radius 2 is 1.79 bits per heavy atom. The Balaban J connectivity index is 0.000000353. The largest absolute Gasteiger partial charge is 0.543 e. The third-order valence-corrected chi connectivity index (χ3v) is 4.22. The maximum atomic E-state index is 8.93. The lowest BCUT2D eigenvalue weighted by Crippen LogP contribution is -2.42. The molecule has 10 nitrogen and oxygen atoms in total. The van der Waals surface area contributed by atoms with Crippen molar-refractivity contribution in [2.45, 2.75) is 6.04 Å². The summed E-state index contributed by atoms with van der Waals surface area (Å²) >= 11 is 6.17. The van der Waals surface area contributed by atoms with Crippen LogP contribution in [-0.2, 0) is 16.6 Å². The number of nitrogens with zero attached hydrogens (tertiary/aromatic N) is 6. The zero-order valence-electron chi connectivity index (χ0n) is 15.0. The van der Waals surface area contributed by atoms with E-state index in [-0.39, 0.29) is 6.04 Å². The highest BCUT2D eigenvalue weighted by molar-refractivity contribution is 6.30. The van der Waals surface area contributed by atoms with E-state index in [0.717, 1.165) is 22.2 Å². The summed E-state index contributed by atoms with van der Waals surface area (Å²) in [6.45, 7) is 0. The average molecular weight is 413 g/mol. The van der Waals surface area contributed by atoms with Gasteiger partial charge in [-0.05, 0) is 35.4 Å². The van der Waals surface area contributed by atoms with Crippen molar-refractivity contribution in [3.63, 3.8) is 0 Å². The lowest BCUT2D eigenvalue weighted by atomic mass is 9.98. The van der Waals surface area contributed by atoms with Crippen LogP contribution in [0.3, 0.4) is 0 Å². The molecule has 11 heteroatoms. The average Bonchev–Trinajstić information content (AvgIpc) is 3.33. The highest BCUT2D eigenvalue weighted by Crippen LogP contribution is 2.29. The van der Waals surface area contributed by atoms with E-state index < -0.39 is 11.9 Å². The monoisotopic (exact) mass is 412 g/mol. The molecule has 4 aromatic rings. The standard InChI is InChI=1S/C16H13ClN6.C2H2O4/c1-22-15-8-12(5-6-14(15)20-21-22)16(23-10-18-9-19-23)11-3-2-4-13(17)7-11;3-1(4)2(5)6/h2-10,16H,1H3;(H,3,4)(H,5,6)/p-2. The fourth-order valence-corrected chi connectivity index (χ4v) is 2.94. The highest BCUT2D eigenvalue weighted by atomic mass is 35.5. The molecule has 29 heavy (non-hydrogen) atoms. The highest BCUT2D eigenvalue weighted by Gasteiger charge is 2.18. The summed E-state index contributed by atoms with van der Waals surface area (Å²) in [6.07, 6.45) is 3.24. The van der Waals surface area contributed by atoms with E-state index >= 15 is 0 Å². The molecule has 0 N–H and O–H groups in total. The summed E-state index contributed by atoms with van der Waals surface area (Å²) in [5.74, 6) is -4.37. The van der Waals surface area contributed by atoms with Gasteiger partial charge in [-0.1, -0.05) is 35.0 Å². The Kier molecular flexibility index (Phi) is 5.84. The summed E-state index contributed by atoms with van der Waals surface area (Å²) < 4.78 is 3.58. The van der Waals surface area contributed by atoms with Crippen LogP contribution < -0.4 is 10.2 Å². The van der Waals surface area contributed by atoms with Gasteiger partial charge >= 0.3 is 0 Å². The second-order valence-electron chi connectivity index (χ2n) is 5.87. The number of fused-ring (bicyclic) bond motifs is 1. The summed E-state index contributed by atoms with van der Waals surface area (Å²) in [4.78, 5) is 21.9. The predicted octanol–water partition coefficient (Wildman–Crippen LogP) is -0.663. The maximum absolute atomic E-state index is 8.93. The minimum atomic E-state index is -2.19. The molecule has 0 saturated heterocycles. The van der Waals surface area contributed by atoms with E-state index in [0.29, 0.717) is 5.02 Å². The number of carbonyl (C=O) groups excluding carboxylic acids is 2. The zero-order chi connectivity index (χ0) is 21.0. The third kappa shape index (κ3) is 4.55. The molecule has 1 atom stereocenters. The molecule has 2 aromatic carbocycles. The molecular weight excluding hydrogens is 400 g/mol. The smallest absolute Gasteiger partial charge is 0.137 e. The molecule has 0 amide bonds. The van der Waals surface area contributed by atoms with Crippen LogP contribution in [0.25, 0.3) is 11.0 Å². The second-order valence-corrected chi connectivity index (χ2v) is 6.31. The van der Waals surface area contributed by atoms with Crippen molar-refractivity contribution in [3.05, 3.63) is 71.3 Å². The lowest BCUT2D eigenvalue weighted by molar-refractivity contribution is -0.345. The molecule has 0 bridgehead atoms. The quantitative estimate of drug-likeness (QED) is 0.403. The molecule has 0 saturated carbocycles. The molecule has 4 rings (SSSR count). The van der Waals surface area contributed by atoms with Crippen LogP contribution in [0.15, 0.2) is 55.1 Å². The molecule has 0 aliphatic heterocycles. The van der Waals surface area contributed by atoms with Crippen LogP contribution in [-0.4, -0.2) is 41.7 Å². The Morgan fingerprint density at radius 1 is 1.07 bits per heavy atom. The molecule has 2 heterocycles. The number of halogens is 1. The number of benzene rings is 2.